The fraction of sp³-hybridized carbons (Fsp3) is 0.692. The van der Waals surface area contributed by atoms with Crippen LogP contribution in [0.2, 0.25) is 0 Å². The highest BCUT2D eigenvalue weighted by molar-refractivity contribution is 5.01. The van der Waals surface area contributed by atoms with Crippen molar-refractivity contribution >= 4 is 0 Å². The Balaban J connectivity index is 0. The molecular weight excluding hydrogens is 198 g/mol. The molecule has 0 bridgehead atoms. The van der Waals surface area contributed by atoms with E-state index in [1.807, 2.05) is 40.0 Å². The Labute approximate surface area is 101 Å². The number of nitrogens with two attached hydrogens (primary N) is 1. The van der Waals surface area contributed by atoms with Crippen LogP contribution in [0.15, 0.2) is 12.3 Å². The predicted molar refractivity (Wildman–Crippen MR) is 71.5 cm³/mol. The van der Waals surface area contributed by atoms with Gasteiger partial charge in [0.15, 0.2) is 0 Å². The molecule has 16 heavy (non-hydrogen) atoms. The van der Waals surface area contributed by atoms with Gasteiger partial charge in [0.2, 0.25) is 0 Å². The van der Waals surface area contributed by atoms with Crippen LogP contribution in [-0.2, 0) is 12.8 Å². The largest absolute Gasteiger partial charge is 0.330 e. The first-order chi connectivity index (χ1) is 7.86. The summed E-state index contributed by atoms with van der Waals surface area (Å²) >= 11 is 0. The Morgan fingerprint density at radius 1 is 1.19 bits per heavy atom. The summed E-state index contributed by atoms with van der Waals surface area (Å²) in [7, 11) is 0. The van der Waals surface area contributed by atoms with Crippen molar-refractivity contribution < 1.29 is 0 Å². The molecule has 1 aromatic heterocycles. The molecule has 0 saturated carbocycles. The maximum Gasteiger partial charge on any atom is 0.128 e. The van der Waals surface area contributed by atoms with Crippen LogP contribution in [0.3, 0.4) is 0 Å². The number of rotatable bonds is 4. The quantitative estimate of drug-likeness (QED) is 0.857. The molecular formula is C13H27N3. The van der Waals surface area contributed by atoms with E-state index in [-0.39, 0.29) is 0 Å². The van der Waals surface area contributed by atoms with E-state index in [0.29, 0.717) is 6.54 Å². The standard InChI is InChI=1S/C9H15N3.2C2H6/c1-2-8-5-7-11-9(12-8)4-3-6-10;2*1-2/h5,7H,2-4,6,10H2,1H3;2*1-2H3. The van der Waals surface area contributed by atoms with E-state index >= 15 is 0 Å². The highest BCUT2D eigenvalue weighted by Crippen LogP contribution is 1.98. The summed E-state index contributed by atoms with van der Waals surface area (Å²) in [5.74, 6) is 0.916. The van der Waals surface area contributed by atoms with Gasteiger partial charge >= 0.3 is 0 Å². The monoisotopic (exact) mass is 225 g/mol. The molecule has 0 spiro atoms. The van der Waals surface area contributed by atoms with Crippen LogP contribution in [0.25, 0.3) is 0 Å². The Bertz CT molecular complexity index is 236. The minimum atomic E-state index is 0.708. The summed E-state index contributed by atoms with van der Waals surface area (Å²) in [6.07, 6.45) is 4.65. The molecule has 0 atom stereocenters. The van der Waals surface area contributed by atoms with E-state index < -0.39 is 0 Å². The second-order valence-corrected chi connectivity index (χ2v) is 2.71. The molecule has 1 aromatic rings. The molecule has 1 heterocycles. The Morgan fingerprint density at radius 2 is 1.81 bits per heavy atom. The molecule has 0 amide bonds. The molecule has 0 aliphatic rings. The lowest BCUT2D eigenvalue weighted by atomic mass is 10.2. The molecule has 94 valence electrons. The third-order valence-electron chi connectivity index (χ3n) is 1.73. The van der Waals surface area contributed by atoms with Crippen LogP contribution in [0.4, 0.5) is 0 Å². The summed E-state index contributed by atoms with van der Waals surface area (Å²) < 4.78 is 0. The first-order valence-corrected chi connectivity index (χ1v) is 6.37. The van der Waals surface area contributed by atoms with Crippen LogP contribution in [0.5, 0.6) is 0 Å². The van der Waals surface area contributed by atoms with E-state index in [4.69, 9.17) is 5.73 Å². The molecule has 1 rings (SSSR count). The van der Waals surface area contributed by atoms with Crippen molar-refractivity contribution in [2.24, 2.45) is 5.73 Å². The lowest BCUT2D eigenvalue weighted by molar-refractivity contribution is 0.769. The smallest absolute Gasteiger partial charge is 0.128 e. The van der Waals surface area contributed by atoms with E-state index in [0.717, 1.165) is 30.8 Å². The molecule has 0 radical (unpaired) electrons. The third-order valence-corrected chi connectivity index (χ3v) is 1.73. The van der Waals surface area contributed by atoms with Crippen LogP contribution in [0.1, 0.15) is 52.6 Å². The van der Waals surface area contributed by atoms with Gasteiger partial charge in [-0.2, -0.15) is 0 Å². The molecule has 0 saturated heterocycles. The first-order valence-electron chi connectivity index (χ1n) is 6.37. The summed E-state index contributed by atoms with van der Waals surface area (Å²) in [5.41, 5.74) is 6.50. The molecule has 3 nitrogen and oxygen atoms in total. The average molecular weight is 225 g/mol. The van der Waals surface area contributed by atoms with Crippen molar-refractivity contribution in [2.45, 2.75) is 53.9 Å². The average Bonchev–Trinajstić information content (AvgIpc) is 2.41. The first kappa shape index (κ1) is 17.4. The number of hydrogen-bond donors (Lipinski definition) is 1. The van der Waals surface area contributed by atoms with Gasteiger partial charge in [0.25, 0.3) is 0 Å². The van der Waals surface area contributed by atoms with Gasteiger partial charge in [0.1, 0.15) is 5.82 Å². The molecule has 2 N–H and O–H groups in total. The van der Waals surface area contributed by atoms with Gasteiger partial charge in [-0.15, -0.1) is 0 Å². The summed E-state index contributed by atoms with van der Waals surface area (Å²) in [4.78, 5) is 8.52. The third kappa shape index (κ3) is 8.36. The number of nitrogens with zero attached hydrogens (tertiary/aromatic N) is 2. The van der Waals surface area contributed by atoms with Gasteiger partial charge in [-0.1, -0.05) is 34.6 Å². The van der Waals surface area contributed by atoms with E-state index in [2.05, 4.69) is 16.9 Å². The van der Waals surface area contributed by atoms with Gasteiger partial charge in [-0.3, -0.25) is 0 Å². The van der Waals surface area contributed by atoms with Crippen molar-refractivity contribution in [1.29, 1.82) is 0 Å². The predicted octanol–water partition coefficient (Wildman–Crippen LogP) is 2.98. The van der Waals surface area contributed by atoms with Crippen molar-refractivity contribution in [3.05, 3.63) is 23.8 Å². The molecule has 0 fully saturated rings. The summed E-state index contributed by atoms with van der Waals surface area (Å²) in [5, 5.41) is 0. The van der Waals surface area contributed by atoms with E-state index in [1.165, 1.54) is 0 Å². The van der Waals surface area contributed by atoms with Crippen LogP contribution in [-0.4, -0.2) is 16.5 Å². The van der Waals surface area contributed by atoms with Crippen LogP contribution < -0.4 is 5.73 Å². The van der Waals surface area contributed by atoms with Crippen LogP contribution in [0, 0.1) is 0 Å². The molecule has 3 heteroatoms. The second-order valence-electron chi connectivity index (χ2n) is 2.71. The Hall–Kier alpha value is -0.960. The van der Waals surface area contributed by atoms with Crippen molar-refractivity contribution in [1.82, 2.24) is 9.97 Å². The molecule has 0 aliphatic heterocycles. The lowest BCUT2D eigenvalue weighted by Gasteiger charge is -1.99. The van der Waals surface area contributed by atoms with E-state index in [1.54, 1.807) is 0 Å². The zero-order valence-corrected chi connectivity index (χ0v) is 11.5. The topological polar surface area (TPSA) is 51.8 Å². The minimum absolute atomic E-state index is 0.708. The zero-order chi connectivity index (χ0) is 12.8. The molecule has 0 aliphatic carbocycles. The van der Waals surface area contributed by atoms with E-state index in [9.17, 15) is 0 Å². The maximum absolute atomic E-state index is 5.39. The summed E-state index contributed by atoms with van der Waals surface area (Å²) in [6, 6.07) is 1.95. The molecule has 0 aromatic carbocycles. The lowest BCUT2D eigenvalue weighted by Crippen LogP contribution is -2.04. The number of aromatic nitrogens is 2. The fourth-order valence-corrected chi connectivity index (χ4v) is 1.02. The maximum atomic E-state index is 5.39. The Kier molecular flexibility index (Phi) is 15.3. The van der Waals surface area contributed by atoms with Crippen molar-refractivity contribution in [2.75, 3.05) is 6.54 Å². The fourth-order valence-electron chi connectivity index (χ4n) is 1.02. The van der Waals surface area contributed by atoms with Gasteiger partial charge < -0.3 is 5.73 Å². The minimum Gasteiger partial charge on any atom is -0.330 e. The van der Waals surface area contributed by atoms with Crippen molar-refractivity contribution in [3.63, 3.8) is 0 Å². The normalized spacial score (nSPS) is 8.38. The number of aryl methyl sites for hydroxylation is 2. The SMILES string of the molecule is CC.CC.CCc1ccnc(CCCN)n1. The van der Waals surface area contributed by atoms with Gasteiger partial charge in [-0.25, -0.2) is 9.97 Å². The Morgan fingerprint density at radius 3 is 2.31 bits per heavy atom. The van der Waals surface area contributed by atoms with Crippen molar-refractivity contribution in [3.8, 4) is 0 Å². The molecule has 0 unspecified atom stereocenters. The second kappa shape index (κ2) is 14.0. The summed E-state index contributed by atoms with van der Waals surface area (Å²) in [6.45, 7) is 10.8. The highest BCUT2D eigenvalue weighted by atomic mass is 14.9. The highest BCUT2D eigenvalue weighted by Gasteiger charge is 1.96. The number of hydrogen-bond acceptors (Lipinski definition) is 3. The zero-order valence-electron chi connectivity index (χ0n) is 11.5. The van der Waals surface area contributed by atoms with Crippen LogP contribution >= 0.6 is 0 Å². The van der Waals surface area contributed by atoms with Gasteiger partial charge in [0, 0.05) is 18.3 Å². The van der Waals surface area contributed by atoms with Gasteiger partial charge in [0.05, 0.1) is 0 Å². The van der Waals surface area contributed by atoms with Gasteiger partial charge in [-0.05, 0) is 25.5 Å².